The molecule has 4 nitrogen and oxygen atoms in total. The Morgan fingerprint density at radius 2 is 2.00 bits per heavy atom. The zero-order valence-corrected chi connectivity index (χ0v) is 9.84. The summed E-state index contributed by atoms with van der Waals surface area (Å²) in [5, 5.41) is 9.55. The number of rotatable bonds is 2. The van der Waals surface area contributed by atoms with Crippen LogP contribution in [0.5, 0.6) is 0 Å². The van der Waals surface area contributed by atoms with Crippen LogP contribution in [-0.4, -0.2) is 27.6 Å². The summed E-state index contributed by atoms with van der Waals surface area (Å²) in [4.78, 5) is 6.93. The summed E-state index contributed by atoms with van der Waals surface area (Å²) >= 11 is 0. The molecule has 0 aromatic carbocycles. The third-order valence-electron chi connectivity index (χ3n) is 3.41. The number of fused-ring (bicyclic) bond motifs is 1. The highest BCUT2D eigenvalue weighted by Gasteiger charge is 2.19. The summed E-state index contributed by atoms with van der Waals surface area (Å²) < 4.78 is 1.98. The molecule has 90 valence electrons. The van der Waals surface area contributed by atoms with Crippen molar-refractivity contribution < 1.29 is 5.11 Å². The number of aliphatic hydroxyl groups excluding tert-OH is 1. The van der Waals surface area contributed by atoms with Crippen LogP contribution >= 0.6 is 0 Å². The van der Waals surface area contributed by atoms with Crippen LogP contribution in [0.15, 0.2) is 24.4 Å². The second-order valence-corrected chi connectivity index (χ2v) is 4.52. The monoisotopic (exact) mass is 231 g/mol. The lowest BCUT2D eigenvalue weighted by Gasteiger charge is -2.27. The molecule has 3 heterocycles. The van der Waals surface area contributed by atoms with E-state index in [2.05, 4.69) is 9.88 Å². The predicted octanol–water partition coefficient (Wildman–Crippen LogP) is 1.82. The number of imidazole rings is 1. The van der Waals surface area contributed by atoms with Gasteiger partial charge in [0, 0.05) is 19.3 Å². The molecule has 3 rings (SSSR count). The van der Waals surface area contributed by atoms with Gasteiger partial charge in [-0.2, -0.15) is 0 Å². The van der Waals surface area contributed by atoms with Gasteiger partial charge < -0.3 is 10.0 Å². The Kier molecular flexibility index (Phi) is 2.73. The summed E-state index contributed by atoms with van der Waals surface area (Å²) in [5.74, 6) is 0.957. The van der Waals surface area contributed by atoms with Crippen molar-refractivity contribution in [2.45, 2.75) is 25.9 Å². The summed E-state index contributed by atoms with van der Waals surface area (Å²) in [6, 6.07) is 5.92. The molecule has 2 aromatic rings. The molecule has 0 unspecified atom stereocenters. The number of pyridine rings is 1. The highest BCUT2D eigenvalue weighted by Crippen LogP contribution is 2.24. The van der Waals surface area contributed by atoms with E-state index in [0.717, 1.165) is 30.2 Å². The maximum atomic E-state index is 9.55. The van der Waals surface area contributed by atoms with Gasteiger partial charge in [0.15, 0.2) is 5.82 Å². The van der Waals surface area contributed by atoms with Crippen LogP contribution in [0, 0.1) is 0 Å². The van der Waals surface area contributed by atoms with E-state index in [4.69, 9.17) is 0 Å². The Labute approximate surface area is 101 Å². The standard InChI is InChI=1S/C13H17N3O/c17-10-11-13(15-7-3-1-4-8-15)14-12-6-2-5-9-16(11)12/h2,5-6,9,17H,1,3-4,7-8,10H2. The van der Waals surface area contributed by atoms with E-state index in [9.17, 15) is 5.11 Å². The van der Waals surface area contributed by atoms with Crippen molar-refractivity contribution in [2.75, 3.05) is 18.0 Å². The highest BCUT2D eigenvalue weighted by atomic mass is 16.3. The first kappa shape index (κ1) is 10.6. The van der Waals surface area contributed by atoms with E-state index in [0.29, 0.717) is 0 Å². The maximum Gasteiger partial charge on any atom is 0.153 e. The summed E-state index contributed by atoms with van der Waals surface area (Å²) in [6.45, 7) is 2.14. The fraction of sp³-hybridized carbons (Fsp3) is 0.462. The molecular formula is C13H17N3O. The minimum absolute atomic E-state index is 0.0387. The molecule has 1 aliphatic rings. The molecular weight excluding hydrogens is 214 g/mol. The van der Waals surface area contributed by atoms with E-state index >= 15 is 0 Å². The van der Waals surface area contributed by atoms with Gasteiger partial charge in [-0.1, -0.05) is 6.07 Å². The lowest BCUT2D eigenvalue weighted by Crippen LogP contribution is -2.30. The number of piperidine rings is 1. The summed E-state index contributed by atoms with van der Waals surface area (Å²) in [5.41, 5.74) is 1.82. The van der Waals surface area contributed by atoms with E-state index in [1.165, 1.54) is 19.3 Å². The molecule has 1 fully saturated rings. The van der Waals surface area contributed by atoms with Crippen LogP contribution < -0.4 is 4.90 Å². The molecule has 0 aliphatic carbocycles. The van der Waals surface area contributed by atoms with Crippen molar-refractivity contribution in [3.8, 4) is 0 Å². The molecule has 1 saturated heterocycles. The molecule has 1 aliphatic heterocycles. The molecule has 0 radical (unpaired) electrons. The van der Waals surface area contributed by atoms with Crippen LogP contribution in [0.2, 0.25) is 0 Å². The average Bonchev–Trinajstić information content (AvgIpc) is 2.78. The summed E-state index contributed by atoms with van der Waals surface area (Å²) in [7, 11) is 0. The van der Waals surface area contributed by atoms with Gasteiger partial charge in [-0.05, 0) is 31.4 Å². The largest absolute Gasteiger partial charge is 0.390 e. The Bertz CT molecular complexity index is 514. The number of hydrogen-bond donors (Lipinski definition) is 1. The van der Waals surface area contributed by atoms with Crippen molar-refractivity contribution >= 4 is 11.5 Å². The quantitative estimate of drug-likeness (QED) is 0.857. The molecule has 1 N–H and O–H groups in total. The number of nitrogens with zero attached hydrogens (tertiary/aromatic N) is 3. The predicted molar refractivity (Wildman–Crippen MR) is 67.2 cm³/mol. The minimum atomic E-state index is 0.0387. The van der Waals surface area contributed by atoms with Gasteiger partial charge in [0.1, 0.15) is 5.65 Å². The lowest BCUT2D eigenvalue weighted by atomic mass is 10.1. The van der Waals surface area contributed by atoms with Gasteiger partial charge in [-0.3, -0.25) is 4.40 Å². The van der Waals surface area contributed by atoms with Crippen molar-refractivity contribution in [3.05, 3.63) is 30.1 Å². The fourth-order valence-electron chi connectivity index (χ4n) is 2.54. The Hall–Kier alpha value is -1.55. The normalized spacial score (nSPS) is 16.6. The first-order chi connectivity index (χ1) is 8.40. The molecule has 0 amide bonds. The first-order valence-electron chi connectivity index (χ1n) is 6.22. The van der Waals surface area contributed by atoms with Crippen molar-refractivity contribution in [2.24, 2.45) is 0 Å². The fourth-order valence-corrected chi connectivity index (χ4v) is 2.54. The van der Waals surface area contributed by atoms with Crippen molar-refractivity contribution in [1.82, 2.24) is 9.38 Å². The van der Waals surface area contributed by atoms with Gasteiger partial charge in [-0.15, -0.1) is 0 Å². The first-order valence-corrected chi connectivity index (χ1v) is 6.22. The highest BCUT2D eigenvalue weighted by molar-refractivity contribution is 5.55. The molecule has 17 heavy (non-hydrogen) atoms. The van der Waals surface area contributed by atoms with E-state index in [1.54, 1.807) is 0 Å². The van der Waals surface area contributed by atoms with Crippen LogP contribution in [0.3, 0.4) is 0 Å². The van der Waals surface area contributed by atoms with Gasteiger partial charge in [0.05, 0.1) is 12.3 Å². The van der Waals surface area contributed by atoms with E-state index in [-0.39, 0.29) is 6.61 Å². The number of aliphatic hydroxyl groups is 1. The number of aromatic nitrogens is 2. The average molecular weight is 231 g/mol. The molecule has 0 spiro atoms. The Morgan fingerprint density at radius 3 is 2.76 bits per heavy atom. The molecule has 2 aromatic heterocycles. The van der Waals surface area contributed by atoms with E-state index in [1.807, 2.05) is 28.8 Å². The zero-order valence-electron chi connectivity index (χ0n) is 9.84. The van der Waals surface area contributed by atoms with Crippen LogP contribution in [0.25, 0.3) is 5.65 Å². The van der Waals surface area contributed by atoms with Gasteiger partial charge >= 0.3 is 0 Å². The molecule has 4 heteroatoms. The third kappa shape index (κ3) is 1.78. The zero-order chi connectivity index (χ0) is 11.7. The smallest absolute Gasteiger partial charge is 0.153 e. The second kappa shape index (κ2) is 4.37. The van der Waals surface area contributed by atoms with Crippen molar-refractivity contribution in [3.63, 3.8) is 0 Å². The second-order valence-electron chi connectivity index (χ2n) is 4.52. The topological polar surface area (TPSA) is 40.8 Å². The molecule has 0 atom stereocenters. The molecule has 0 saturated carbocycles. The van der Waals surface area contributed by atoms with Gasteiger partial charge in [-0.25, -0.2) is 4.98 Å². The van der Waals surface area contributed by atoms with Crippen LogP contribution in [-0.2, 0) is 6.61 Å². The van der Waals surface area contributed by atoms with E-state index < -0.39 is 0 Å². The number of anilines is 1. The van der Waals surface area contributed by atoms with Crippen molar-refractivity contribution in [1.29, 1.82) is 0 Å². The van der Waals surface area contributed by atoms with Gasteiger partial charge in [0.25, 0.3) is 0 Å². The van der Waals surface area contributed by atoms with Crippen LogP contribution in [0.1, 0.15) is 25.0 Å². The number of hydrogen-bond acceptors (Lipinski definition) is 3. The maximum absolute atomic E-state index is 9.55. The third-order valence-corrected chi connectivity index (χ3v) is 3.41. The van der Waals surface area contributed by atoms with Gasteiger partial charge in [0.2, 0.25) is 0 Å². The summed E-state index contributed by atoms with van der Waals surface area (Å²) in [6.07, 6.45) is 5.71. The SMILES string of the molecule is OCc1c(N2CCCCC2)nc2ccccn12. The lowest BCUT2D eigenvalue weighted by molar-refractivity contribution is 0.276. The molecule has 0 bridgehead atoms. The Morgan fingerprint density at radius 1 is 1.18 bits per heavy atom. The minimum Gasteiger partial charge on any atom is -0.390 e. The Balaban J connectivity index is 2.08. The van der Waals surface area contributed by atoms with Crippen LogP contribution in [0.4, 0.5) is 5.82 Å².